The highest BCUT2D eigenvalue weighted by molar-refractivity contribution is 14.1. The van der Waals surface area contributed by atoms with E-state index in [0.29, 0.717) is 15.1 Å². The number of benzene rings is 1. The summed E-state index contributed by atoms with van der Waals surface area (Å²) in [6, 6.07) is 4.32. The van der Waals surface area contributed by atoms with Gasteiger partial charge in [-0.25, -0.2) is 4.39 Å². The Hall–Kier alpha value is -0.690. The van der Waals surface area contributed by atoms with Crippen LogP contribution < -0.4 is 5.32 Å². The van der Waals surface area contributed by atoms with Crippen LogP contribution in [-0.4, -0.2) is 25.2 Å². The summed E-state index contributed by atoms with van der Waals surface area (Å²) in [5.74, 6) is -0.00220. The van der Waals surface area contributed by atoms with Crippen molar-refractivity contribution in [1.29, 1.82) is 0 Å². The number of halogens is 2. The summed E-state index contributed by atoms with van der Waals surface area (Å²) in [4.78, 5) is 12.2. The molecule has 1 N–H and O–H groups in total. The Morgan fingerprint density at radius 3 is 2.79 bits per heavy atom. The number of hydrogen-bond acceptors (Lipinski definition) is 2. The average molecular weight is 377 g/mol. The zero-order valence-corrected chi connectivity index (χ0v) is 12.9. The van der Waals surface area contributed by atoms with Crippen molar-refractivity contribution in [2.24, 2.45) is 5.92 Å². The lowest BCUT2D eigenvalue weighted by atomic mass is 9.93. The molecule has 1 heterocycles. The fourth-order valence-electron chi connectivity index (χ4n) is 2.29. The van der Waals surface area contributed by atoms with Crippen molar-refractivity contribution in [2.45, 2.75) is 25.8 Å². The van der Waals surface area contributed by atoms with Crippen molar-refractivity contribution in [3.8, 4) is 0 Å². The number of rotatable bonds is 3. The molecule has 0 aliphatic carbocycles. The minimum Gasteiger partial charge on any atom is -0.381 e. The van der Waals surface area contributed by atoms with Crippen LogP contribution in [0.15, 0.2) is 18.2 Å². The Morgan fingerprint density at radius 2 is 2.16 bits per heavy atom. The van der Waals surface area contributed by atoms with Gasteiger partial charge >= 0.3 is 0 Å². The standard InChI is InChI=1S/C14H17FINO2/c1-9(10-4-6-19-7-5-10)17-14(18)12-3-2-11(15)8-13(12)16/h2-3,8-10H,4-7H2,1H3,(H,17,18). The van der Waals surface area contributed by atoms with Gasteiger partial charge in [0, 0.05) is 22.8 Å². The van der Waals surface area contributed by atoms with E-state index in [1.165, 1.54) is 18.2 Å². The van der Waals surface area contributed by atoms with E-state index in [-0.39, 0.29) is 17.8 Å². The van der Waals surface area contributed by atoms with Crippen LogP contribution >= 0.6 is 22.6 Å². The van der Waals surface area contributed by atoms with Crippen molar-refractivity contribution >= 4 is 28.5 Å². The van der Waals surface area contributed by atoms with E-state index in [4.69, 9.17) is 4.74 Å². The third-order valence-corrected chi connectivity index (χ3v) is 4.40. The van der Waals surface area contributed by atoms with Gasteiger partial charge in [0.25, 0.3) is 5.91 Å². The van der Waals surface area contributed by atoms with Crippen LogP contribution in [0.5, 0.6) is 0 Å². The minimum absolute atomic E-state index is 0.109. The first-order chi connectivity index (χ1) is 9.08. The molecule has 104 valence electrons. The summed E-state index contributed by atoms with van der Waals surface area (Å²) < 4.78 is 19.0. The smallest absolute Gasteiger partial charge is 0.252 e. The van der Waals surface area contributed by atoms with Gasteiger partial charge in [0.05, 0.1) is 5.56 Å². The number of carbonyl (C=O) groups excluding carboxylic acids is 1. The van der Waals surface area contributed by atoms with Crippen LogP contribution in [0.25, 0.3) is 0 Å². The quantitative estimate of drug-likeness (QED) is 0.823. The average Bonchev–Trinajstić information content (AvgIpc) is 2.39. The summed E-state index contributed by atoms with van der Waals surface area (Å²) in [5, 5.41) is 3.00. The molecule has 1 amide bonds. The molecule has 2 rings (SSSR count). The fourth-order valence-corrected chi connectivity index (χ4v) is 3.01. The molecular weight excluding hydrogens is 360 g/mol. The van der Waals surface area contributed by atoms with E-state index in [9.17, 15) is 9.18 Å². The van der Waals surface area contributed by atoms with Crippen LogP contribution in [0.1, 0.15) is 30.1 Å². The van der Waals surface area contributed by atoms with Crippen LogP contribution in [0.4, 0.5) is 4.39 Å². The first-order valence-electron chi connectivity index (χ1n) is 6.41. The molecule has 0 bridgehead atoms. The lowest BCUT2D eigenvalue weighted by Gasteiger charge is -2.28. The second kappa shape index (κ2) is 6.65. The highest BCUT2D eigenvalue weighted by atomic mass is 127. The first kappa shape index (κ1) is 14.7. The highest BCUT2D eigenvalue weighted by Gasteiger charge is 2.22. The Morgan fingerprint density at radius 1 is 1.47 bits per heavy atom. The van der Waals surface area contributed by atoms with Crippen LogP contribution in [-0.2, 0) is 4.74 Å². The molecule has 1 aliphatic rings. The monoisotopic (exact) mass is 377 g/mol. The summed E-state index contributed by atoms with van der Waals surface area (Å²) >= 11 is 1.98. The van der Waals surface area contributed by atoms with Gasteiger partial charge in [-0.05, 0) is 66.5 Å². The molecule has 1 saturated heterocycles. The molecule has 1 unspecified atom stereocenters. The van der Waals surface area contributed by atoms with Crippen molar-refractivity contribution in [1.82, 2.24) is 5.32 Å². The van der Waals surface area contributed by atoms with E-state index in [1.807, 2.05) is 29.5 Å². The SMILES string of the molecule is CC(NC(=O)c1ccc(F)cc1I)C1CCOCC1. The number of amides is 1. The maximum atomic E-state index is 13.0. The maximum absolute atomic E-state index is 13.0. The topological polar surface area (TPSA) is 38.3 Å². The predicted molar refractivity (Wildman–Crippen MR) is 79.6 cm³/mol. The number of ether oxygens (including phenoxy) is 1. The second-order valence-electron chi connectivity index (χ2n) is 4.84. The Labute approximate surface area is 126 Å². The van der Waals surface area contributed by atoms with Crippen molar-refractivity contribution in [2.75, 3.05) is 13.2 Å². The zero-order valence-electron chi connectivity index (χ0n) is 10.8. The van der Waals surface area contributed by atoms with Crippen molar-refractivity contribution in [3.63, 3.8) is 0 Å². The molecule has 1 aliphatic heterocycles. The molecule has 1 atom stereocenters. The van der Waals surface area contributed by atoms with E-state index < -0.39 is 0 Å². The second-order valence-corrected chi connectivity index (χ2v) is 6.00. The molecule has 0 spiro atoms. The van der Waals surface area contributed by atoms with Gasteiger partial charge < -0.3 is 10.1 Å². The van der Waals surface area contributed by atoms with Crippen LogP contribution in [0.3, 0.4) is 0 Å². The summed E-state index contributed by atoms with van der Waals surface area (Å²) in [6.07, 6.45) is 1.95. The Balaban J connectivity index is 1.99. The van der Waals surface area contributed by atoms with Gasteiger partial charge in [-0.1, -0.05) is 0 Å². The third kappa shape index (κ3) is 3.89. The van der Waals surface area contributed by atoms with Gasteiger partial charge in [-0.3, -0.25) is 4.79 Å². The molecule has 0 saturated carbocycles. The minimum atomic E-state index is -0.321. The molecule has 0 aromatic heterocycles. The van der Waals surface area contributed by atoms with E-state index in [1.54, 1.807) is 0 Å². The van der Waals surface area contributed by atoms with Crippen molar-refractivity contribution < 1.29 is 13.9 Å². The normalized spacial score (nSPS) is 18.1. The largest absolute Gasteiger partial charge is 0.381 e. The number of carbonyl (C=O) groups is 1. The third-order valence-electron chi connectivity index (χ3n) is 3.51. The molecule has 1 aromatic carbocycles. The zero-order chi connectivity index (χ0) is 13.8. The predicted octanol–water partition coefficient (Wildman–Crippen LogP) is 2.98. The van der Waals surface area contributed by atoms with E-state index >= 15 is 0 Å². The fraction of sp³-hybridized carbons (Fsp3) is 0.500. The summed E-state index contributed by atoms with van der Waals surface area (Å²) in [7, 11) is 0. The molecule has 3 nitrogen and oxygen atoms in total. The van der Waals surface area contributed by atoms with E-state index in [2.05, 4.69) is 5.32 Å². The Bertz CT molecular complexity index is 461. The molecule has 0 radical (unpaired) electrons. The summed E-state index contributed by atoms with van der Waals surface area (Å²) in [5.41, 5.74) is 0.529. The number of hydrogen-bond donors (Lipinski definition) is 1. The highest BCUT2D eigenvalue weighted by Crippen LogP contribution is 2.20. The van der Waals surface area contributed by atoms with E-state index in [0.717, 1.165) is 26.1 Å². The summed E-state index contributed by atoms with van der Waals surface area (Å²) in [6.45, 7) is 3.54. The molecular formula is C14H17FINO2. The van der Waals surface area contributed by atoms with Gasteiger partial charge in [-0.2, -0.15) is 0 Å². The molecule has 5 heteroatoms. The molecule has 19 heavy (non-hydrogen) atoms. The molecule has 1 aromatic rings. The number of nitrogens with one attached hydrogen (secondary N) is 1. The van der Waals surface area contributed by atoms with Gasteiger partial charge in [-0.15, -0.1) is 0 Å². The van der Waals surface area contributed by atoms with Gasteiger partial charge in [0.15, 0.2) is 0 Å². The van der Waals surface area contributed by atoms with Crippen LogP contribution in [0, 0.1) is 15.3 Å². The van der Waals surface area contributed by atoms with Crippen molar-refractivity contribution in [3.05, 3.63) is 33.1 Å². The maximum Gasteiger partial charge on any atom is 0.252 e. The lowest BCUT2D eigenvalue weighted by Crippen LogP contribution is -2.40. The van der Waals surface area contributed by atoms with Crippen LogP contribution in [0.2, 0.25) is 0 Å². The first-order valence-corrected chi connectivity index (χ1v) is 7.49. The lowest BCUT2D eigenvalue weighted by molar-refractivity contribution is 0.0538. The Kier molecular flexibility index (Phi) is 5.15. The molecule has 1 fully saturated rings. The van der Waals surface area contributed by atoms with Gasteiger partial charge in [0.1, 0.15) is 5.82 Å². The van der Waals surface area contributed by atoms with Gasteiger partial charge in [0.2, 0.25) is 0 Å².